The zero-order chi connectivity index (χ0) is 11.3. The number of thiol groups is 1. The van der Waals surface area contributed by atoms with Gasteiger partial charge in [-0.25, -0.2) is 0 Å². The van der Waals surface area contributed by atoms with Gasteiger partial charge in [-0.05, 0) is 24.6 Å². The second-order valence-electron chi connectivity index (χ2n) is 3.22. The zero-order valence-electron chi connectivity index (χ0n) is 8.86. The third kappa shape index (κ3) is 3.47. The number of amides is 1. The molecule has 1 atom stereocenters. The summed E-state index contributed by atoms with van der Waals surface area (Å²) in [4.78, 5) is 11.1. The molecule has 0 aliphatic rings. The molecule has 0 aliphatic heterocycles. The lowest BCUT2D eigenvalue weighted by atomic mass is 10.1. The smallest absolute Gasteiger partial charge is 0.230 e. The van der Waals surface area contributed by atoms with Crippen molar-refractivity contribution in [1.29, 1.82) is 0 Å². The first-order valence-corrected chi connectivity index (χ1v) is 5.34. The number of hydrogen-bond donors (Lipinski definition) is 2. The minimum absolute atomic E-state index is 0.00411. The van der Waals surface area contributed by atoms with Crippen molar-refractivity contribution in [3.05, 3.63) is 29.8 Å². The first-order chi connectivity index (χ1) is 7.17. The number of carbonyl (C=O) groups is 1. The van der Waals surface area contributed by atoms with Gasteiger partial charge in [0.25, 0.3) is 0 Å². The molecule has 82 valence electrons. The van der Waals surface area contributed by atoms with Crippen LogP contribution in [0.1, 0.15) is 18.5 Å². The van der Waals surface area contributed by atoms with Gasteiger partial charge in [-0.15, -0.1) is 0 Å². The van der Waals surface area contributed by atoms with Crippen LogP contribution in [-0.4, -0.2) is 18.8 Å². The number of ether oxygens (including phenoxy) is 1. The molecule has 0 spiro atoms. The van der Waals surface area contributed by atoms with Gasteiger partial charge in [0, 0.05) is 0 Å². The Morgan fingerprint density at radius 2 is 2.07 bits per heavy atom. The van der Waals surface area contributed by atoms with Gasteiger partial charge in [-0.3, -0.25) is 4.79 Å². The Balaban J connectivity index is 2.65. The van der Waals surface area contributed by atoms with Crippen molar-refractivity contribution in [2.75, 3.05) is 12.9 Å². The summed E-state index contributed by atoms with van der Waals surface area (Å²) >= 11 is 3.90. The van der Waals surface area contributed by atoms with E-state index in [1.807, 2.05) is 31.2 Å². The molecule has 0 heterocycles. The molecule has 1 amide bonds. The van der Waals surface area contributed by atoms with Gasteiger partial charge in [0.15, 0.2) is 0 Å². The zero-order valence-corrected chi connectivity index (χ0v) is 9.75. The van der Waals surface area contributed by atoms with Crippen LogP contribution in [-0.2, 0) is 4.79 Å². The van der Waals surface area contributed by atoms with Crippen LogP contribution in [0.2, 0.25) is 0 Å². The van der Waals surface area contributed by atoms with E-state index in [4.69, 9.17) is 4.74 Å². The molecule has 15 heavy (non-hydrogen) atoms. The summed E-state index contributed by atoms with van der Waals surface area (Å²) in [5, 5.41) is 2.83. The molecule has 0 saturated heterocycles. The summed E-state index contributed by atoms with van der Waals surface area (Å²) in [6.07, 6.45) is 0. The molecule has 0 saturated carbocycles. The summed E-state index contributed by atoms with van der Waals surface area (Å²) in [6, 6.07) is 7.61. The second-order valence-corrected chi connectivity index (χ2v) is 3.54. The largest absolute Gasteiger partial charge is 0.497 e. The first-order valence-electron chi connectivity index (χ1n) is 4.71. The Labute approximate surface area is 95.2 Å². The van der Waals surface area contributed by atoms with E-state index in [2.05, 4.69) is 17.9 Å². The van der Waals surface area contributed by atoms with Gasteiger partial charge in [-0.2, -0.15) is 12.6 Å². The Hall–Kier alpha value is -1.16. The summed E-state index contributed by atoms with van der Waals surface area (Å²) < 4.78 is 5.05. The molecule has 3 nitrogen and oxygen atoms in total. The molecule has 0 fully saturated rings. The Morgan fingerprint density at radius 1 is 1.47 bits per heavy atom. The van der Waals surface area contributed by atoms with Gasteiger partial charge in [-0.1, -0.05) is 12.1 Å². The summed E-state index contributed by atoms with van der Waals surface area (Å²) in [7, 11) is 1.63. The standard InChI is InChI=1S/C11H15NO2S/c1-8(12-11(13)7-15)9-3-5-10(14-2)6-4-9/h3-6,8,15H,7H2,1-2H3,(H,12,13). The third-order valence-corrected chi connectivity index (χ3v) is 2.42. The van der Waals surface area contributed by atoms with E-state index in [0.717, 1.165) is 11.3 Å². The predicted molar refractivity (Wildman–Crippen MR) is 63.4 cm³/mol. The van der Waals surface area contributed by atoms with E-state index in [-0.39, 0.29) is 17.7 Å². The molecule has 0 bridgehead atoms. The highest BCUT2D eigenvalue weighted by molar-refractivity contribution is 7.81. The maximum atomic E-state index is 11.1. The number of rotatable bonds is 4. The lowest BCUT2D eigenvalue weighted by Crippen LogP contribution is -2.27. The van der Waals surface area contributed by atoms with Gasteiger partial charge >= 0.3 is 0 Å². The molecular weight excluding hydrogens is 210 g/mol. The number of nitrogens with one attached hydrogen (secondary N) is 1. The topological polar surface area (TPSA) is 38.3 Å². The molecule has 0 aliphatic carbocycles. The maximum absolute atomic E-state index is 11.1. The average Bonchev–Trinajstić information content (AvgIpc) is 2.29. The van der Waals surface area contributed by atoms with E-state index >= 15 is 0 Å². The van der Waals surface area contributed by atoms with Crippen LogP contribution >= 0.6 is 12.6 Å². The van der Waals surface area contributed by atoms with Gasteiger partial charge < -0.3 is 10.1 Å². The van der Waals surface area contributed by atoms with Gasteiger partial charge in [0.05, 0.1) is 18.9 Å². The quantitative estimate of drug-likeness (QED) is 0.767. The van der Waals surface area contributed by atoms with Crippen molar-refractivity contribution in [1.82, 2.24) is 5.32 Å². The van der Waals surface area contributed by atoms with Crippen LogP contribution in [0.15, 0.2) is 24.3 Å². The molecule has 0 aromatic heterocycles. The minimum Gasteiger partial charge on any atom is -0.497 e. The van der Waals surface area contributed by atoms with E-state index in [1.165, 1.54) is 0 Å². The minimum atomic E-state index is -0.0679. The summed E-state index contributed by atoms with van der Waals surface area (Å²) in [5.41, 5.74) is 1.05. The lowest BCUT2D eigenvalue weighted by Gasteiger charge is -2.13. The lowest BCUT2D eigenvalue weighted by molar-refractivity contribution is -0.119. The number of methoxy groups -OCH3 is 1. The number of carbonyl (C=O) groups excluding carboxylic acids is 1. The first kappa shape index (κ1) is 11.9. The number of benzene rings is 1. The summed E-state index contributed by atoms with van der Waals surface area (Å²) in [6.45, 7) is 1.93. The SMILES string of the molecule is COc1ccc(C(C)NC(=O)CS)cc1. The normalized spacial score (nSPS) is 11.9. The van der Waals surface area contributed by atoms with Crippen LogP contribution in [0, 0.1) is 0 Å². The van der Waals surface area contributed by atoms with E-state index in [0.29, 0.717) is 0 Å². The third-order valence-electron chi connectivity index (χ3n) is 2.14. The monoisotopic (exact) mass is 225 g/mol. The van der Waals surface area contributed by atoms with Crippen molar-refractivity contribution in [2.45, 2.75) is 13.0 Å². The van der Waals surface area contributed by atoms with Crippen LogP contribution in [0.25, 0.3) is 0 Å². The molecular formula is C11H15NO2S. The maximum Gasteiger partial charge on any atom is 0.230 e. The fourth-order valence-corrected chi connectivity index (χ4v) is 1.35. The Kier molecular flexibility index (Phi) is 4.49. The van der Waals surface area contributed by atoms with E-state index in [1.54, 1.807) is 7.11 Å². The fraction of sp³-hybridized carbons (Fsp3) is 0.364. The van der Waals surface area contributed by atoms with Crippen LogP contribution in [0.5, 0.6) is 5.75 Å². The van der Waals surface area contributed by atoms with Crippen molar-refractivity contribution in [3.63, 3.8) is 0 Å². The van der Waals surface area contributed by atoms with Crippen LogP contribution in [0.4, 0.5) is 0 Å². The van der Waals surface area contributed by atoms with Gasteiger partial charge in [0.1, 0.15) is 5.75 Å². The molecule has 1 aromatic rings. The average molecular weight is 225 g/mol. The molecule has 1 aromatic carbocycles. The van der Waals surface area contributed by atoms with Crippen molar-refractivity contribution >= 4 is 18.5 Å². The van der Waals surface area contributed by atoms with Gasteiger partial charge in [0.2, 0.25) is 5.91 Å². The Morgan fingerprint density at radius 3 is 2.53 bits per heavy atom. The highest BCUT2D eigenvalue weighted by atomic mass is 32.1. The van der Waals surface area contributed by atoms with Crippen LogP contribution < -0.4 is 10.1 Å². The van der Waals surface area contributed by atoms with E-state index < -0.39 is 0 Å². The number of hydrogen-bond acceptors (Lipinski definition) is 3. The molecule has 1 unspecified atom stereocenters. The molecule has 1 N–H and O–H groups in total. The van der Waals surface area contributed by atoms with Crippen molar-refractivity contribution < 1.29 is 9.53 Å². The molecule has 4 heteroatoms. The predicted octanol–water partition coefficient (Wildman–Crippen LogP) is 1.80. The highest BCUT2D eigenvalue weighted by Gasteiger charge is 2.07. The second kappa shape index (κ2) is 5.66. The Bertz CT molecular complexity index is 324. The van der Waals surface area contributed by atoms with Crippen LogP contribution in [0.3, 0.4) is 0 Å². The van der Waals surface area contributed by atoms with Crippen molar-refractivity contribution in [3.8, 4) is 5.75 Å². The summed E-state index contributed by atoms with van der Waals surface area (Å²) in [5.74, 6) is 0.952. The van der Waals surface area contributed by atoms with E-state index in [9.17, 15) is 4.79 Å². The highest BCUT2D eigenvalue weighted by Crippen LogP contribution is 2.16. The molecule has 1 rings (SSSR count). The van der Waals surface area contributed by atoms with Crippen molar-refractivity contribution in [2.24, 2.45) is 0 Å². The fourth-order valence-electron chi connectivity index (χ4n) is 1.26. The molecule has 0 radical (unpaired) electrons.